The number of fused-ring (bicyclic) bond motifs is 1. The van der Waals surface area contributed by atoms with Crippen molar-refractivity contribution in [2.75, 3.05) is 11.9 Å². The standard InChI is InChI=1S/C29H23FN2O2/c1-19-7-16-26-25(17-19)28(22-12-14-24(30)15-13-22)32(18-27(33)31-26)29(34)23-10-8-21(9-11-23)20-5-3-2-4-6-20/h2-17,28H,18H2,1H3,(H,31,33)/t28-/m1/s1. The zero-order valence-corrected chi connectivity index (χ0v) is 18.7. The van der Waals surface area contributed by atoms with Crippen LogP contribution in [0.5, 0.6) is 0 Å². The van der Waals surface area contributed by atoms with Gasteiger partial charge in [-0.05, 0) is 53.9 Å². The molecule has 0 spiro atoms. The fourth-order valence-electron chi connectivity index (χ4n) is 4.42. The SMILES string of the molecule is Cc1ccc2c(c1)[C@@H](c1ccc(F)cc1)N(C(=O)c1ccc(-c3ccccc3)cc1)CC(=O)N2. The van der Waals surface area contributed by atoms with E-state index >= 15 is 0 Å². The molecule has 0 radical (unpaired) electrons. The molecule has 0 fully saturated rings. The van der Waals surface area contributed by atoms with Gasteiger partial charge in [0.15, 0.2) is 0 Å². The van der Waals surface area contributed by atoms with Crippen molar-refractivity contribution in [1.82, 2.24) is 4.90 Å². The second-order valence-corrected chi connectivity index (χ2v) is 8.47. The molecule has 5 heteroatoms. The molecule has 2 amide bonds. The number of anilines is 1. The number of aryl methyl sites for hydroxylation is 1. The minimum Gasteiger partial charge on any atom is -0.324 e. The Morgan fingerprint density at radius 2 is 1.56 bits per heavy atom. The van der Waals surface area contributed by atoms with E-state index in [0.29, 0.717) is 11.3 Å². The Morgan fingerprint density at radius 3 is 2.26 bits per heavy atom. The molecule has 1 atom stereocenters. The molecule has 1 aliphatic rings. The third-order valence-electron chi connectivity index (χ3n) is 6.09. The summed E-state index contributed by atoms with van der Waals surface area (Å²) >= 11 is 0. The van der Waals surface area contributed by atoms with Gasteiger partial charge in [0, 0.05) is 16.8 Å². The van der Waals surface area contributed by atoms with Crippen molar-refractivity contribution < 1.29 is 14.0 Å². The van der Waals surface area contributed by atoms with E-state index in [0.717, 1.165) is 27.8 Å². The van der Waals surface area contributed by atoms with Gasteiger partial charge in [0.05, 0.1) is 6.04 Å². The maximum Gasteiger partial charge on any atom is 0.255 e. The Hall–Kier alpha value is -4.25. The largest absolute Gasteiger partial charge is 0.324 e. The van der Waals surface area contributed by atoms with E-state index in [-0.39, 0.29) is 24.2 Å². The highest BCUT2D eigenvalue weighted by Gasteiger charge is 2.34. The van der Waals surface area contributed by atoms with Gasteiger partial charge in [-0.3, -0.25) is 9.59 Å². The van der Waals surface area contributed by atoms with Crippen molar-refractivity contribution in [2.24, 2.45) is 0 Å². The Balaban J connectivity index is 1.58. The lowest BCUT2D eigenvalue weighted by atomic mass is 9.94. The van der Waals surface area contributed by atoms with Crippen LogP contribution in [0.25, 0.3) is 11.1 Å². The van der Waals surface area contributed by atoms with Crippen LogP contribution in [0.1, 0.15) is 33.1 Å². The monoisotopic (exact) mass is 450 g/mol. The average molecular weight is 451 g/mol. The minimum absolute atomic E-state index is 0.116. The molecule has 0 saturated carbocycles. The van der Waals surface area contributed by atoms with E-state index in [1.54, 1.807) is 29.2 Å². The number of halogens is 1. The van der Waals surface area contributed by atoms with Crippen LogP contribution in [0, 0.1) is 12.7 Å². The molecule has 0 aromatic heterocycles. The molecule has 5 rings (SSSR count). The van der Waals surface area contributed by atoms with Gasteiger partial charge >= 0.3 is 0 Å². The third-order valence-corrected chi connectivity index (χ3v) is 6.09. The number of hydrogen-bond acceptors (Lipinski definition) is 2. The van der Waals surface area contributed by atoms with Gasteiger partial charge in [0.2, 0.25) is 5.91 Å². The van der Waals surface area contributed by atoms with Gasteiger partial charge in [0.25, 0.3) is 5.91 Å². The number of rotatable bonds is 3. The molecule has 4 aromatic carbocycles. The van der Waals surface area contributed by atoms with Crippen molar-refractivity contribution in [2.45, 2.75) is 13.0 Å². The first-order valence-corrected chi connectivity index (χ1v) is 11.1. The Kier molecular flexibility index (Phi) is 5.68. The van der Waals surface area contributed by atoms with Crippen LogP contribution in [0.4, 0.5) is 10.1 Å². The summed E-state index contributed by atoms with van der Waals surface area (Å²) in [6, 6.07) is 28.6. The van der Waals surface area contributed by atoms with Gasteiger partial charge < -0.3 is 10.2 Å². The van der Waals surface area contributed by atoms with Gasteiger partial charge in [0.1, 0.15) is 12.4 Å². The molecule has 0 aliphatic carbocycles. The fourth-order valence-corrected chi connectivity index (χ4v) is 4.42. The molecule has 34 heavy (non-hydrogen) atoms. The highest BCUT2D eigenvalue weighted by molar-refractivity contribution is 6.01. The zero-order valence-electron chi connectivity index (χ0n) is 18.7. The summed E-state index contributed by atoms with van der Waals surface area (Å²) in [5.74, 6) is -0.896. The van der Waals surface area contributed by atoms with Crippen LogP contribution in [0.3, 0.4) is 0 Å². The van der Waals surface area contributed by atoms with Crippen molar-refractivity contribution in [3.63, 3.8) is 0 Å². The second kappa shape index (κ2) is 8.94. The molecular weight excluding hydrogens is 427 g/mol. The van der Waals surface area contributed by atoms with E-state index in [1.807, 2.05) is 67.6 Å². The molecule has 1 N–H and O–H groups in total. The number of hydrogen-bond donors (Lipinski definition) is 1. The predicted octanol–water partition coefficient (Wildman–Crippen LogP) is 5.99. The second-order valence-electron chi connectivity index (χ2n) is 8.47. The van der Waals surface area contributed by atoms with E-state index in [1.165, 1.54) is 12.1 Å². The average Bonchev–Trinajstić information content (AvgIpc) is 3.00. The lowest BCUT2D eigenvalue weighted by Gasteiger charge is -2.31. The molecule has 4 aromatic rings. The number of nitrogens with zero attached hydrogens (tertiary/aromatic N) is 1. The molecule has 1 heterocycles. The van der Waals surface area contributed by atoms with Crippen molar-refractivity contribution in [3.8, 4) is 11.1 Å². The van der Waals surface area contributed by atoms with Crippen LogP contribution < -0.4 is 5.32 Å². The maximum absolute atomic E-state index is 13.8. The first-order chi connectivity index (χ1) is 16.5. The summed E-state index contributed by atoms with van der Waals surface area (Å²) in [5.41, 5.74) is 5.73. The fraction of sp³-hybridized carbons (Fsp3) is 0.103. The highest BCUT2D eigenvalue weighted by atomic mass is 19.1. The number of carbonyl (C=O) groups excluding carboxylic acids is 2. The molecule has 4 nitrogen and oxygen atoms in total. The number of amides is 2. The highest BCUT2D eigenvalue weighted by Crippen LogP contribution is 2.37. The van der Waals surface area contributed by atoms with Crippen molar-refractivity contribution >= 4 is 17.5 Å². The van der Waals surface area contributed by atoms with Gasteiger partial charge in [-0.2, -0.15) is 0 Å². The van der Waals surface area contributed by atoms with E-state index < -0.39 is 6.04 Å². The van der Waals surface area contributed by atoms with Gasteiger partial charge in [-0.25, -0.2) is 4.39 Å². The molecule has 0 saturated heterocycles. The molecule has 1 aliphatic heterocycles. The maximum atomic E-state index is 13.8. The Morgan fingerprint density at radius 1 is 0.882 bits per heavy atom. The molecular formula is C29H23FN2O2. The summed E-state index contributed by atoms with van der Waals surface area (Å²) in [7, 11) is 0. The predicted molar refractivity (Wildman–Crippen MR) is 131 cm³/mol. The Labute approximate surface area is 197 Å². The Bertz CT molecular complexity index is 1350. The summed E-state index contributed by atoms with van der Waals surface area (Å²) in [6.45, 7) is 1.85. The lowest BCUT2D eigenvalue weighted by molar-refractivity contribution is -0.117. The lowest BCUT2D eigenvalue weighted by Crippen LogP contribution is -2.39. The van der Waals surface area contributed by atoms with Crippen LogP contribution in [-0.2, 0) is 4.79 Å². The van der Waals surface area contributed by atoms with E-state index in [9.17, 15) is 14.0 Å². The van der Waals surface area contributed by atoms with Crippen LogP contribution in [-0.4, -0.2) is 23.3 Å². The summed E-state index contributed by atoms with van der Waals surface area (Å²) in [5, 5.41) is 2.92. The van der Waals surface area contributed by atoms with Crippen LogP contribution >= 0.6 is 0 Å². The topological polar surface area (TPSA) is 49.4 Å². The first-order valence-electron chi connectivity index (χ1n) is 11.1. The van der Waals surface area contributed by atoms with Crippen LogP contribution in [0.15, 0.2) is 97.1 Å². The van der Waals surface area contributed by atoms with Crippen molar-refractivity contribution in [3.05, 3.63) is 125 Å². The molecule has 168 valence electrons. The summed E-state index contributed by atoms with van der Waals surface area (Å²) in [6.07, 6.45) is 0. The quantitative estimate of drug-likeness (QED) is 0.417. The van der Waals surface area contributed by atoms with Gasteiger partial charge in [-0.1, -0.05) is 72.3 Å². The number of benzene rings is 4. The number of carbonyl (C=O) groups is 2. The third kappa shape index (κ3) is 4.20. The van der Waals surface area contributed by atoms with E-state index in [4.69, 9.17) is 0 Å². The first kappa shape index (κ1) is 21.6. The number of nitrogens with one attached hydrogen (secondary N) is 1. The smallest absolute Gasteiger partial charge is 0.255 e. The normalized spacial score (nSPS) is 15.3. The van der Waals surface area contributed by atoms with Crippen molar-refractivity contribution in [1.29, 1.82) is 0 Å². The van der Waals surface area contributed by atoms with Gasteiger partial charge in [-0.15, -0.1) is 0 Å². The van der Waals surface area contributed by atoms with E-state index in [2.05, 4.69) is 5.32 Å². The van der Waals surface area contributed by atoms with Crippen LogP contribution in [0.2, 0.25) is 0 Å². The molecule has 0 bridgehead atoms. The zero-order chi connectivity index (χ0) is 23.7. The summed E-state index contributed by atoms with van der Waals surface area (Å²) < 4.78 is 13.7. The minimum atomic E-state index is -0.546. The molecule has 0 unspecified atom stereocenters. The summed E-state index contributed by atoms with van der Waals surface area (Å²) in [4.78, 5) is 28.1.